The van der Waals surface area contributed by atoms with Crippen molar-refractivity contribution in [2.45, 2.75) is 19.5 Å². The van der Waals surface area contributed by atoms with E-state index in [0.717, 1.165) is 0 Å². The van der Waals surface area contributed by atoms with Gasteiger partial charge in [-0.25, -0.2) is 9.78 Å². The first-order chi connectivity index (χ1) is 14.0. The molecule has 0 aliphatic heterocycles. The van der Waals surface area contributed by atoms with Crippen LogP contribution in [-0.4, -0.2) is 36.4 Å². The molecule has 8 nitrogen and oxygen atoms in total. The van der Waals surface area contributed by atoms with Crippen LogP contribution < -0.4 is 20.9 Å². The second kappa shape index (κ2) is 9.20. The molecule has 0 radical (unpaired) electrons. The second-order valence-electron chi connectivity index (χ2n) is 6.49. The third kappa shape index (κ3) is 4.72. The smallest absolute Gasteiger partial charge is 0.319 e. The molecule has 8 heteroatoms. The van der Waals surface area contributed by atoms with Crippen LogP contribution in [0.3, 0.4) is 0 Å². The Hall–Kier alpha value is -3.39. The van der Waals surface area contributed by atoms with Gasteiger partial charge in [-0.15, -0.1) is 0 Å². The third-order valence-corrected chi connectivity index (χ3v) is 4.49. The van der Waals surface area contributed by atoms with Gasteiger partial charge in [0.05, 0.1) is 37.2 Å². The van der Waals surface area contributed by atoms with E-state index in [2.05, 4.69) is 15.6 Å². The van der Waals surface area contributed by atoms with E-state index >= 15 is 0 Å². The Morgan fingerprint density at radius 2 is 1.86 bits per heavy atom. The Labute approximate surface area is 168 Å². The number of rotatable bonds is 7. The first-order valence-corrected chi connectivity index (χ1v) is 9.23. The van der Waals surface area contributed by atoms with Crippen molar-refractivity contribution >= 4 is 22.6 Å². The van der Waals surface area contributed by atoms with Crippen LogP contribution in [0.15, 0.2) is 53.3 Å². The fourth-order valence-corrected chi connectivity index (χ4v) is 3.02. The number of nitrogens with one attached hydrogen (secondary N) is 2. The van der Waals surface area contributed by atoms with E-state index in [1.165, 1.54) is 0 Å². The van der Waals surface area contributed by atoms with Crippen molar-refractivity contribution in [1.82, 2.24) is 14.9 Å². The number of nitrogens with zero attached hydrogens (tertiary/aromatic N) is 2. The summed E-state index contributed by atoms with van der Waals surface area (Å²) in [5.74, 6) is 1.17. The minimum absolute atomic E-state index is 0.160. The van der Waals surface area contributed by atoms with Crippen LogP contribution in [0.4, 0.5) is 10.5 Å². The van der Waals surface area contributed by atoms with Crippen LogP contribution in [0.2, 0.25) is 0 Å². The molecule has 0 saturated heterocycles. The molecule has 29 heavy (non-hydrogen) atoms. The molecule has 0 spiro atoms. The van der Waals surface area contributed by atoms with Crippen LogP contribution in [-0.2, 0) is 11.3 Å². The van der Waals surface area contributed by atoms with E-state index in [0.29, 0.717) is 41.3 Å². The van der Waals surface area contributed by atoms with Gasteiger partial charge in [-0.1, -0.05) is 12.1 Å². The fourth-order valence-electron chi connectivity index (χ4n) is 3.02. The minimum Gasteiger partial charge on any atom is -0.497 e. The molecular formula is C21H24N4O4. The number of anilines is 1. The maximum atomic E-state index is 12.9. The predicted molar refractivity (Wildman–Crippen MR) is 111 cm³/mol. The maximum absolute atomic E-state index is 12.9. The van der Waals surface area contributed by atoms with Crippen molar-refractivity contribution in [3.63, 3.8) is 0 Å². The van der Waals surface area contributed by atoms with Crippen molar-refractivity contribution < 1.29 is 14.3 Å². The van der Waals surface area contributed by atoms with Crippen LogP contribution in [0.25, 0.3) is 10.9 Å². The number of methoxy groups -OCH3 is 2. The summed E-state index contributed by atoms with van der Waals surface area (Å²) >= 11 is 0. The molecule has 0 aliphatic carbocycles. The highest BCUT2D eigenvalue weighted by Crippen LogP contribution is 2.16. The van der Waals surface area contributed by atoms with Gasteiger partial charge < -0.3 is 20.1 Å². The highest BCUT2D eigenvalue weighted by molar-refractivity contribution is 5.89. The number of hydrogen-bond acceptors (Lipinski definition) is 5. The molecular weight excluding hydrogens is 372 g/mol. The number of ether oxygens (including phenoxy) is 2. The van der Waals surface area contributed by atoms with Gasteiger partial charge in [0, 0.05) is 12.8 Å². The topological polar surface area (TPSA) is 94.5 Å². The molecule has 2 aromatic carbocycles. The molecule has 2 N–H and O–H groups in total. The number of urea groups is 1. The molecule has 0 saturated carbocycles. The lowest BCUT2D eigenvalue weighted by Crippen LogP contribution is -2.36. The zero-order valence-corrected chi connectivity index (χ0v) is 16.6. The van der Waals surface area contributed by atoms with Gasteiger partial charge in [0.25, 0.3) is 5.56 Å². The van der Waals surface area contributed by atoms with E-state index in [4.69, 9.17) is 9.47 Å². The normalized spacial score (nSPS) is 11.8. The average molecular weight is 396 g/mol. The lowest BCUT2D eigenvalue weighted by molar-refractivity contribution is 0.184. The van der Waals surface area contributed by atoms with Gasteiger partial charge in [0.2, 0.25) is 0 Å². The molecule has 3 aromatic rings. The fraction of sp³-hybridized carbons (Fsp3) is 0.286. The summed E-state index contributed by atoms with van der Waals surface area (Å²) in [5, 5.41) is 6.13. The van der Waals surface area contributed by atoms with Crippen molar-refractivity contribution in [2.24, 2.45) is 0 Å². The summed E-state index contributed by atoms with van der Waals surface area (Å²) in [6.45, 7) is 2.49. The van der Waals surface area contributed by atoms with Crippen molar-refractivity contribution in [3.8, 4) is 5.75 Å². The molecule has 0 fully saturated rings. The third-order valence-electron chi connectivity index (χ3n) is 4.49. The van der Waals surface area contributed by atoms with E-state index < -0.39 is 12.1 Å². The SMILES string of the molecule is COCCn1c(C(C)NC(=O)Nc2ccc(OC)cc2)nc2ccccc2c1=O. The van der Waals surface area contributed by atoms with Gasteiger partial charge in [-0.3, -0.25) is 9.36 Å². The minimum atomic E-state index is -0.498. The molecule has 1 aromatic heterocycles. The van der Waals surface area contributed by atoms with Gasteiger partial charge >= 0.3 is 6.03 Å². The van der Waals surface area contributed by atoms with Gasteiger partial charge in [0.1, 0.15) is 11.6 Å². The molecule has 0 bridgehead atoms. The average Bonchev–Trinajstić information content (AvgIpc) is 2.73. The Kier molecular flexibility index (Phi) is 6.46. The summed E-state index contributed by atoms with van der Waals surface area (Å²) in [7, 11) is 3.15. The summed E-state index contributed by atoms with van der Waals surface area (Å²) < 4.78 is 11.8. The summed E-state index contributed by atoms with van der Waals surface area (Å²) in [6.07, 6.45) is 0. The van der Waals surface area contributed by atoms with Crippen LogP contribution in [0, 0.1) is 0 Å². The molecule has 2 amide bonds. The molecule has 1 atom stereocenters. The molecule has 152 valence electrons. The monoisotopic (exact) mass is 396 g/mol. The van der Waals surface area contributed by atoms with Crippen molar-refractivity contribution in [2.75, 3.05) is 26.1 Å². The number of hydrogen-bond donors (Lipinski definition) is 2. The highest BCUT2D eigenvalue weighted by Gasteiger charge is 2.18. The number of carbonyl (C=O) groups excluding carboxylic acids is 1. The molecule has 1 heterocycles. The van der Waals surface area contributed by atoms with Gasteiger partial charge in [-0.2, -0.15) is 0 Å². The van der Waals surface area contributed by atoms with E-state index in [9.17, 15) is 9.59 Å². The standard InChI is InChI=1S/C21H24N4O4/c1-14(22-21(27)23-15-8-10-16(29-3)11-9-15)19-24-18-7-5-4-6-17(18)20(26)25(19)12-13-28-2/h4-11,14H,12-13H2,1-3H3,(H2,22,23,27). The predicted octanol–water partition coefficient (Wildman–Crippen LogP) is 2.93. The number of para-hydroxylation sites is 1. The van der Waals surface area contributed by atoms with E-state index in [1.54, 1.807) is 68.2 Å². The lowest BCUT2D eigenvalue weighted by atomic mass is 10.2. The number of aromatic nitrogens is 2. The first kappa shape index (κ1) is 20.3. The molecule has 1 unspecified atom stereocenters. The highest BCUT2D eigenvalue weighted by atomic mass is 16.5. The number of amides is 2. The van der Waals surface area contributed by atoms with Crippen LogP contribution in [0.1, 0.15) is 18.8 Å². The first-order valence-electron chi connectivity index (χ1n) is 9.23. The zero-order chi connectivity index (χ0) is 20.8. The zero-order valence-electron chi connectivity index (χ0n) is 16.6. The number of carbonyl (C=O) groups is 1. The van der Waals surface area contributed by atoms with Crippen LogP contribution in [0.5, 0.6) is 5.75 Å². The number of benzene rings is 2. The quantitative estimate of drug-likeness (QED) is 0.640. The lowest BCUT2D eigenvalue weighted by Gasteiger charge is -2.19. The van der Waals surface area contributed by atoms with Gasteiger partial charge in [0.15, 0.2) is 0 Å². The second-order valence-corrected chi connectivity index (χ2v) is 6.49. The van der Waals surface area contributed by atoms with Gasteiger partial charge in [-0.05, 0) is 43.3 Å². The Bertz CT molecular complexity index is 1050. The largest absolute Gasteiger partial charge is 0.497 e. The van der Waals surface area contributed by atoms with E-state index in [1.807, 2.05) is 6.07 Å². The Morgan fingerprint density at radius 3 is 2.55 bits per heavy atom. The Morgan fingerprint density at radius 1 is 1.14 bits per heavy atom. The van der Waals surface area contributed by atoms with Crippen molar-refractivity contribution in [1.29, 1.82) is 0 Å². The Balaban J connectivity index is 1.83. The molecule has 3 rings (SSSR count). The van der Waals surface area contributed by atoms with E-state index in [-0.39, 0.29) is 5.56 Å². The summed E-state index contributed by atoms with van der Waals surface area (Å²) in [4.78, 5) is 30.0. The summed E-state index contributed by atoms with van der Waals surface area (Å²) in [5.41, 5.74) is 1.05. The molecule has 0 aliphatic rings. The van der Waals surface area contributed by atoms with Crippen LogP contribution >= 0.6 is 0 Å². The summed E-state index contributed by atoms with van der Waals surface area (Å²) in [6, 6.07) is 13.3. The number of fused-ring (bicyclic) bond motifs is 1. The maximum Gasteiger partial charge on any atom is 0.319 e. The van der Waals surface area contributed by atoms with Crippen molar-refractivity contribution in [3.05, 3.63) is 64.7 Å².